The van der Waals surface area contributed by atoms with Crippen LogP contribution in [-0.2, 0) is 19.1 Å². The lowest BCUT2D eigenvalue weighted by Crippen LogP contribution is -2.55. The van der Waals surface area contributed by atoms with Crippen molar-refractivity contribution < 1.29 is 19.1 Å². The summed E-state index contributed by atoms with van der Waals surface area (Å²) in [5.41, 5.74) is -0.0713. The van der Waals surface area contributed by atoms with Crippen molar-refractivity contribution >= 4 is 23.6 Å². The summed E-state index contributed by atoms with van der Waals surface area (Å²) in [7, 11) is 1.83. The molecule has 9 heteroatoms. The van der Waals surface area contributed by atoms with Crippen molar-refractivity contribution in [3.63, 3.8) is 0 Å². The van der Waals surface area contributed by atoms with Gasteiger partial charge in [0.05, 0.1) is 25.2 Å². The summed E-state index contributed by atoms with van der Waals surface area (Å²) in [6, 6.07) is 0.693. The summed E-state index contributed by atoms with van der Waals surface area (Å²) in [5.74, 6) is 2.41. The lowest BCUT2D eigenvalue weighted by atomic mass is 9.68. The van der Waals surface area contributed by atoms with Crippen LogP contribution in [0.3, 0.4) is 0 Å². The number of carbonyl (C=O) groups is 2. The number of rotatable bonds is 5. The van der Waals surface area contributed by atoms with Crippen LogP contribution in [0.15, 0.2) is 0 Å². The topological polar surface area (TPSA) is 91.9 Å². The van der Waals surface area contributed by atoms with Crippen LogP contribution in [0.5, 0.6) is 0 Å². The molecule has 2 amide bonds. The normalized spacial score (nSPS) is 47.8. The zero-order valence-corrected chi connectivity index (χ0v) is 21.2. The molecule has 2 aliphatic carbocycles. The van der Waals surface area contributed by atoms with Crippen LogP contribution < -0.4 is 16.0 Å². The number of piperidine rings is 1. The Kier molecular flexibility index (Phi) is 6.60. The molecule has 0 aromatic carbocycles. The molecule has 4 aliphatic heterocycles. The van der Waals surface area contributed by atoms with Crippen molar-refractivity contribution in [1.29, 1.82) is 0 Å². The number of fused-ring (bicyclic) bond motifs is 2. The average molecular weight is 493 g/mol. The third kappa shape index (κ3) is 4.29. The molecule has 4 saturated heterocycles. The van der Waals surface area contributed by atoms with E-state index in [1.54, 1.807) is 11.8 Å². The predicted octanol–water partition coefficient (Wildman–Crippen LogP) is 1.01. The number of nitrogens with one attached hydrogen (secondary N) is 3. The Balaban J connectivity index is 1.03. The first-order valence-corrected chi connectivity index (χ1v) is 14.3. The predicted molar refractivity (Wildman–Crippen MR) is 130 cm³/mol. The minimum atomic E-state index is -0.0713. The van der Waals surface area contributed by atoms with Gasteiger partial charge in [-0.3, -0.25) is 14.9 Å². The van der Waals surface area contributed by atoms with Gasteiger partial charge in [-0.25, -0.2) is 0 Å². The van der Waals surface area contributed by atoms with Crippen LogP contribution in [0.2, 0.25) is 0 Å². The SMILES string of the molecule is COC1CCCCC1C1CC(C)NCC1C(=O)NC1NC2CN(C(=O)C3C4COCC43)CC2S1. The van der Waals surface area contributed by atoms with Crippen LogP contribution in [0, 0.1) is 35.5 Å². The van der Waals surface area contributed by atoms with E-state index < -0.39 is 0 Å². The number of ether oxygens (including phenoxy) is 2. The molecule has 4 heterocycles. The number of likely N-dealkylation sites (tertiary alicyclic amines) is 1. The van der Waals surface area contributed by atoms with Gasteiger partial charge in [-0.2, -0.15) is 0 Å². The van der Waals surface area contributed by atoms with E-state index in [1.165, 1.54) is 19.3 Å². The summed E-state index contributed by atoms with van der Waals surface area (Å²) in [4.78, 5) is 28.5. The van der Waals surface area contributed by atoms with E-state index in [-0.39, 0.29) is 35.4 Å². The number of nitrogens with zero attached hydrogens (tertiary/aromatic N) is 1. The second-order valence-electron chi connectivity index (χ2n) is 11.5. The fourth-order valence-electron chi connectivity index (χ4n) is 7.59. The molecule has 6 aliphatic rings. The fourth-order valence-corrected chi connectivity index (χ4v) is 9.00. The van der Waals surface area contributed by atoms with E-state index in [2.05, 4.69) is 22.9 Å². The third-order valence-electron chi connectivity index (χ3n) is 9.54. The van der Waals surface area contributed by atoms with Gasteiger partial charge in [0.25, 0.3) is 0 Å². The van der Waals surface area contributed by atoms with Crippen molar-refractivity contribution in [3.05, 3.63) is 0 Å². The van der Waals surface area contributed by atoms with E-state index >= 15 is 0 Å². The number of hydrogen-bond acceptors (Lipinski definition) is 7. The molecule has 0 spiro atoms. The largest absolute Gasteiger partial charge is 0.381 e. The quantitative estimate of drug-likeness (QED) is 0.528. The minimum Gasteiger partial charge on any atom is -0.381 e. The van der Waals surface area contributed by atoms with Gasteiger partial charge in [0.15, 0.2) is 0 Å². The lowest BCUT2D eigenvalue weighted by molar-refractivity contribution is -0.133. The number of amides is 2. The Morgan fingerprint density at radius 3 is 2.65 bits per heavy atom. The second kappa shape index (κ2) is 9.54. The first-order chi connectivity index (χ1) is 16.5. The molecular weight excluding hydrogens is 452 g/mol. The van der Waals surface area contributed by atoms with Crippen LogP contribution in [0.1, 0.15) is 39.0 Å². The molecule has 10 unspecified atom stereocenters. The standard InChI is InChI=1S/C25H40N4O4S/c1-13-7-15(14-5-3-4-6-20(14)32-2)16(8-26-13)23(30)28-25-27-19-9-29(10-21(19)34-25)24(31)22-17-11-33-12-18(17)22/h13-22,25-27H,3-12H2,1-2H3,(H,28,30). The van der Waals surface area contributed by atoms with E-state index in [4.69, 9.17) is 9.47 Å². The van der Waals surface area contributed by atoms with Gasteiger partial charge in [-0.15, -0.1) is 11.8 Å². The number of thioether (sulfide) groups is 1. The van der Waals surface area contributed by atoms with Gasteiger partial charge in [0.1, 0.15) is 5.50 Å². The highest BCUT2D eigenvalue weighted by Crippen LogP contribution is 2.52. The van der Waals surface area contributed by atoms with Crippen molar-refractivity contribution in [3.8, 4) is 0 Å². The first kappa shape index (κ1) is 23.5. The van der Waals surface area contributed by atoms with Crippen LogP contribution >= 0.6 is 11.8 Å². The Morgan fingerprint density at radius 2 is 1.88 bits per heavy atom. The maximum absolute atomic E-state index is 13.5. The van der Waals surface area contributed by atoms with Crippen molar-refractivity contribution in [1.82, 2.24) is 20.9 Å². The maximum Gasteiger partial charge on any atom is 0.226 e. The molecule has 2 saturated carbocycles. The highest BCUT2D eigenvalue weighted by atomic mass is 32.2. The summed E-state index contributed by atoms with van der Waals surface area (Å²) < 4.78 is 11.3. The first-order valence-electron chi connectivity index (χ1n) is 13.4. The van der Waals surface area contributed by atoms with E-state index in [1.807, 2.05) is 12.0 Å². The Bertz CT molecular complexity index is 777. The van der Waals surface area contributed by atoms with E-state index in [0.717, 1.165) is 45.7 Å². The molecule has 10 atom stereocenters. The Hall–Kier alpha value is -0.870. The van der Waals surface area contributed by atoms with Crippen LogP contribution in [0.4, 0.5) is 0 Å². The molecule has 8 nitrogen and oxygen atoms in total. The Morgan fingerprint density at radius 1 is 1.09 bits per heavy atom. The second-order valence-corrected chi connectivity index (χ2v) is 12.9. The van der Waals surface area contributed by atoms with Crippen molar-refractivity contribution in [2.45, 2.75) is 68.0 Å². The number of carbonyl (C=O) groups excluding carboxylic acids is 2. The Labute approximate surface area is 207 Å². The lowest BCUT2D eigenvalue weighted by Gasteiger charge is -2.44. The highest BCUT2D eigenvalue weighted by Gasteiger charge is 2.60. The number of methoxy groups -OCH3 is 1. The summed E-state index contributed by atoms with van der Waals surface area (Å²) >= 11 is 1.78. The molecule has 0 bridgehead atoms. The molecule has 34 heavy (non-hydrogen) atoms. The molecule has 0 aromatic heterocycles. The molecule has 190 valence electrons. The molecular formula is C25H40N4O4S. The van der Waals surface area contributed by atoms with E-state index in [0.29, 0.717) is 40.9 Å². The zero-order chi connectivity index (χ0) is 23.4. The molecule has 3 N–H and O–H groups in total. The molecule has 0 radical (unpaired) electrons. The smallest absolute Gasteiger partial charge is 0.226 e. The van der Waals surface area contributed by atoms with Crippen LogP contribution in [0.25, 0.3) is 0 Å². The van der Waals surface area contributed by atoms with Gasteiger partial charge in [0.2, 0.25) is 11.8 Å². The van der Waals surface area contributed by atoms with E-state index in [9.17, 15) is 9.59 Å². The third-order valence-corrected chi connectivity index (χ3v) is 10.9. The monoisotopic (exact) mass is 492 g/mol. The van der Waals surface area contributed by atoms with Gasteiger partial charge < -0.3 is 25.0 Å². The summed E-state index contributed by atoms with van der Waals surface area (Å²) in [5, 5.41) is 10.8. The fraction of sp³-hybridized carbons (Fsp3) is 0.920. The highest BCUT2D eigenvalue weighted by molar-refractivity contribution is 8.00. The van der Waals surface area contributed by atoms with Crippen molar-refractivity contribution in [2.75, 3.05) is 40.0 Å². The molecule has 6 rings (SSSR count). The average Bonchev–Trinajstić information content (AvgIpc) is 3.19. The van der Waals surface area contributed by atoms with Gasteiger partial charge >= 0.3 is 0 Å². The number of hydrogen-bond donors (Lipinski definition) is 3. The maximum atomic E-state index is 13.5. The molecule has 0 aromatic rings. The summed E-state index contributed by atoms with van der Waals surface area (Å²) in [6.45, 7) is 6.02. The van der Waals surface area contributed by atoms with Gasteiger partial charge in [-0.05, 0) is 49.9 Å². The summed E-state index contributed by atoms with van der Waals surface area (Å²) in [6.07, 6.45) is 6.06. The van der Waals surface area contributed by atoms with Gasteiger partial charge in [-0.1, -0.05) is 12.8 Å². The van der Waals surface area contributed by atoms with Crippen LogP contribution in [-0.4, -0.2) is 85.6 Å². The molecule has 6 fully saturated rings. The minimum absolute atomic E-state index is 0.0191. The van der Waals surface area contributed by atoms with Gasteiger partial charge in [0, 0.05) is 50.0 Å². The zero-order valence-electron chi connectivity index (χ0n) is 20.4. The van der Waals surface area contributed by atoms with Crippen molar-refractivity contribution in [2.24, 2.45) is 35.5 Å².